The summed E-state index contributed by atoms with van der Waals surface area (Å²) in [6.07, 6.45) is 11.5. The van der Waals surface area contributed by atoms with Gasteiger partial charge in [-0.05, 0) is 6.42 Å². The van der Waals surface area contributed by atoms with Crippen LogP contribution in [0.5, 0.6) is 0 Å². The number of nitrogens with zero attached hydrogens (tertiary/aromatic N) is 2. The Hall–Kier alpha value is -0.700. The summed E-state index contributed by atoms with van der Waals surface area (Å²) in [4.78, 5) is 30.2. The number of unbranched alkanes of at least 4 members (excludes halogenated alkanes) is 8. The molecule has 0 spiro atoms. The number of carbonyl (C=O) groups excluding carboxylic acids is 1. The van der Waals surface area contributed by atoms with E-state index in [2.05, 4.69) is 12.2 Å². The van der Waals surface area contributed by atoms with Gasteiger partial charge in [0.05, 0.1) is 27.7 Å². The van der Waals surface area contributed by atoms with Gasteiger partial charge in [-0.2, -0.15) is 0 Å². The lowest BCUT2D eigenvalue weighted by Gasteiger charge is -2.26. The molecule has 0 aromatic carbocycles. The summed E-state index contributed by atoms with van der Waals surface area (Å²) >= 11 is 0. The van der Waals surface area contributed by atoms with E-state index in [1.54, 1.807) is 33.1 Å². The second kappa shape index (κ2) is 17.9. The van der Waals surface area contributed by atoms with Crippen molar-refractivity contribution in [1.29, 1.82) is 0 Å². The number of carbonyl (C=O) groups is 1. The topological polar surface area (TPSA) is 130 Å². The van der Waals surface area contributed by atoms with Gasteiger partial charge < -0.3 is 34.7 Å². The molecule has 0 rings (SSSR count). The second-order valence-electron chi connectivity index (χ2n) is 8.64. The van der Waals surface area contributed by atoms with Gasteiger partial charge in [0.25, 0.3) is 0 Å². The Morgan fingerprint density at radius 1 is 0.967 bits per heavy atom. The molecule has 0 bridgehead atoms. The molecular weight excluding hydrogens is 409 g/mol. The zero-order chi connectivity index (χ0) is 23.6. The summed E-state index contributed by atoms with van der Waals surface area (Å²) in [5, 5.41) is 20.5. The van der Waals surface area contributed by atoms with Crippen LogP contribution in [0.2, 0.25) is 0 Å². The van der Waals surface area contributed by atoms with E-state index in [4.69, 9.17) is 20.0 Å². The summed E-state index contributed by atoms with van der Waals surface area (Å²) in [6, 6.07) is -0.0892. The fraction of sp³-hybridized carbons (Fsp3) is 0.950. The lowest BCUT2D eigenvalue weighted by atomic mass is 10.1. The molecule has 0 fully saturated rings. The molecule has 0 saturated heterocycles. The zero-order valence-corrected chi connectivity index (χ0v) is 20.6. The Morgan fingerprint density at radius 2 is 1.43 bits per heavy atom. The fourth-order valence-corrected chi connectivity index (χ4v) is 3.51. The number of aliphatic hydroxyl groups excluding tert-OH is 2. The Kier molecular flexibility index (Phi) is 18.8. The molecule has 182 valence electrons. The van der Waals surface area contributed by atoms with Gasteiger partial charge in [-0.1, -0.05) is 58.3 Å². The normalized spacial score (nSPS) is 12.7. The highest BCUT2D eigenvalue weighted by Crippen LogP contribution is 2.39. The minimum Gasteiger partial charge on any atom is -0.395 e. The first-order valence-corrected chi connectivity index (χ1v) is 12.7. The van der Waals surface area contributed by atoms with Crippen molar-refractivity contribution in [2.75, 3.05) is 54.4 Å². The number of amides is 2. The van der Waals surface area contributed by atoms with Crippen molar-refractivity contribution in [2.45, 2.75) is 70.6 Å². The van der Waals surface area contributed by atoms with Crippen LogP contribution >= 0.6 is 7.60 Å². The van der Waals surface area contributed by atoms with Crippen LogP contribution < -0.4 is 5.32 Å². The fourth-order valence-electron chi connectivity index (χ4n) is 2.80. The number of quaternary nitrogens is 1. The number of urea groups is 1. The van der Waals surface area contributed by atoms with Crippen LogP contribution in [0, 0.1) is 0 Å². The SMILES string of the molecule is CCCCCCCCCCCN(CCO)C(=O)NC.C[N+](C)(C)CC(O)P(=O)(O)O. The molecule has 0 aliphatic heterocycles. The second-order valence-corrected chi connectivity index (χ2v) is 10.4. The number of nitrogens with one attached hydrogen (secondary N) is 1. The van der Waals surface area contributed by atoms with E-state index in [1.165, 1.54) is 51.4 Å². The largest absolute Gasteiger partial charge is 0.395 e. The lowest BCUT2D eigenvalue weighted by Crippen LogP contribution is -2.41. The van der Waals surface area contributed by atoms with Gasteiger partial charge in [0, 0.05) is 20.1 Å². The van der Waals surface area contributed by atoms with Crippen LogP contribution in [-0.2, 0) is 4.57 Å². The Bertz CT molecular complexity index is 468. The molecular formula is C20H47N3O6P+. The summed E-state index contributed by atoms with van der Waals surface area (Å²) in [6.45, 7) is 3.49. The van der Waals surface area contributed by atoms with Gasteiger partial charge in [0.2, 0.25) is 5.85 Å². The lowest BCUT2D eigenvalue weighted by molar-refractivity contribution is -0.872. The summed E-state index contributed by atoms with van der Waals surface area (Å²) < 4.78 is 10.8. The monoisotopic (exact) mass is 456 g/mol. The Labute approximate surface area is 183 Å². The van der Waals surface area contributed by atoms with Gasteiger partial charge in [0.15, 0.2) is 0 Å². The third kappa shape index (κ3) is 20.6. The minimum absolute atomic E-state index is 0.0326. The van der Waals surface area contributed by atoms with E-state index in [0.717, 1.165) is 13.0 Å². The van der Waals surface area contributed by atoms with E-state index in [-0.39, 0.29) is 19.2 Å². The highest BCUT2D eigenvalue weighted by atomic mass is 31.2. The summed E-state index contributed by atoms with van der Waals surface area (Å²) in [7, 11) is 2.56. The van der Waals surface area contributed by atoms with E-state index in [1.807, 2.05) is 0 Å². The number of rotatable bonds is 15. The van der Waals surface area contributed by atoms with Crippen LogP contribution in [0.25, 0.3) is 0 Å². The van der Waals surface area contributed by atoms with Crippen molar-refractivity contribution >= 4 is 13.6 Å². The molecule has 9 nitrogen and oxygen atoms in total. The number of hydrogen-bond acceptors (Lipinski definition) is 4. The van der Waals surface area contributed by atoms with Gasteiger partial charge in [-0.3, -0.25) is 4.57 Å². The third-order valence-corrected chi connectivity index (χ3v) is 5.44. The average molecular weight is 457 g/mol. The first-order chi connectivity index (χ1) is 13.9. The molecule has 5 N–H and O–H groups in total. The van der Waals surface area contributed by atoms with Crippen molar-refractivity contribution < 1.29 is 33.8 Å². The number of hydrogen-bond donors (Lipinski definition) is 5. The molecule has 10 heteroatoms. The van der Waals surface area contributed by atoms with Crippen LogP contribution in [-0.4, -0.2) is 95.7 Å². The summed E-state index contributed by atoms with van der Waals surface area (Å²) in [5.74, 6) is -1.55. The average Bonchev–Trinajstić information content (AvgIpc) is 2.63. The highest BCUT2D eigenvalue weighted by molar-refractivity contribution is 7.52. The smallest absolute Gasteiger partial charge is 0.359 e. The zero-order valence-electron chi connectivity index (χ0n) is 19.7. The van der Waals surface area contributed by atoms with Crippen molar-refractivity contribution in [1.82, 2.24) is 10.2 Å². The van der Waals surface area contributed by atoms with Crippen molar-refractivity contribution in [3.8, 4) is 0 Å². The van der Waals surface area contributed by atoms with Crippen LogP contribution in [0.15, 0.2) is 0 Å². The van der Waals surface area contributed by atoms with Crippen molar-refractivity contribution in [3.63, 3.8) is 0 Å². The van der Waals surface area contributed by atoms with Crippen LogP contribution in [0.4, 0.5) is 4.79 Å². The maximum Gasteiger partial charge on any atom is 0.359 e. The maximum absolute atomic E-state index is 11.5. The molecule has 1 unspecified atom stereocenters. The molecule has 0 saturated carbocycles. The number of aliphatic hydroxyl groups is 2. The molecule has 2 amide bonds. The maximum atomic E-state index is 11.5. The van der Waals surface area contributed by atoms with Gasteiger partial charge in [-0.25, -0.2) is 4.79 Å². The van der Waals surface area contributed by atoms with E-state index in [0.29, 0.717) is 11.0 Å². The molecule has 1 atom stereocenters. The predicted molar refractivity (Wildman–Crippen MR) is 121 cm³/mol. The van der Waals surface area contributed by atoms with Gasteiger partial charge >= 0.3 is 13.6 Å². The standard InChI is InChI=1S/C15H32N2O2.C5H14NO4P/c1-3-4-5-6-7-8-9-10-11-12-17(13-14-18)15(19)16-2;1-6(2,3)4-5(7)11(8,9)10/h18H,3-14H2,1-2H3,(H,16,19);5,7H,4H2,1-3H3,(H-,8,9,10)/p+1. The van der Waals surface area contributed by atoms with E-state index in [9.17, 15) is 9.36 Å². The quantitative estimate of drug-likeness (QED) is 0.146. The molecule has 0 aromatic rings. The Balaban J connectivity index is 0. The van der Waals surface area contributed by atoms with Crippen LogP contribution in [0.3, 0.4) is 0 Å². The van der Waals surface area contributed by atoms with Crippen molar-refractivity contribution in [2.24, 2.45) is 0 Å². The third-order valence-electron chi connectivity index (χ3n) is 4.50. The van der Waals surface area contributed by atoms with Gasteiger partial charge in [-0.15, -0.1) is 0 Å². The molecule has 0 radical (unpaired) electrons. The number of likely N-dealkylation sites (N-methyl/N-ethyl adjacent to an activating group) is 1. The first-order valence-electron chi connectivity index (χ1n) is 11.0. The first kappa shape index (κ1) is 31.5. The predicted octanol–water partition coefficient (Wildman–Crippen LogP) is 2.34. The van der Waals surface area contributed by atoms with Crippen molar-refractivity contribution in [3.05, 3.63) is 0 Å². The van der Waals surface area contributed by atoms with E-state index < -0.39 is 13.4 Å². The summed E-state index contributed by atoms with van der Waals surface area (Å²) in [5.41, 5.74) is 0. The van der Waals surface area contributed by atoms with Gasteiger partial charge in [0.1, 0.15) is 6.54 Å². The molecule has 0 aliphatic carbocycles. The molecule has 0 aromatic heterocycles. The Morgan fingerprint density at radius 3 is 1.77 bits per heavy atom. The minimum atomic E-state index is -4.31. The van der Waals surface area contributed by atoms with E-state index >= 15 is 0 Å². The highest BCUT2D eigenvalue weighted by Gasteiger charge is 2.31. The van der Waals surface area contributed by atoms with Crippen LogP contribution in [0.1, 0.15) is 64.7 Å². The molecule has 0 aliphatic rings. The molecule has 0 heterocycles. The molecule has 30 heavy (non-hydrogen) atoms.